The van der Waals surface area contributed by atoms with Crippen molar-refractivity contribution in [2.24, 2.45) is 5.92 Å². The lowest BCUT2D eigenvalue weighted by molar-refractivity contribution is 0.473. The summed E-state index contributed by atoms with van der Waals surface area (Å²) < 4.78 is 16.0. The number of rotatable bonds is 5. The predicted molar refractivity (Wildman–Crippen MR) is 80.9 cm³/mol. The molecule has 0 radical (unpaired) electrons. The van der Waals surface area contributed by atoms with Gasteiger partial charge in [-0.15, -0.1) is 11.6 Å². The maximum Gasteiger partial charge on any atom is 0.128 e. The summed E-state index contributed by atoms with van der Waals surface area (Å²) in [6.45, 7) is 4.04. The third-order valence-electron chi connectivity index (χ3n) is 4.17. The van der Waals surface area contributed by atoms with E-state index in [0.29, 0.717) is 17.5 Å². The molecule has 108 valence electrons. The lowest BCUT2D eigenvalue weighted by Gasteiger charge is -2.17. The molecule has 1 saturated carbocycles. The zero-order chi connectivity index (χ0) is 14.3. The molecule has 1 aliphatic carbocycles. The summed E-state index contributed by atoms with van der Waals surface area (Å²) in [5.41, 5.74) is 2.46. The summed E-state index contributed by atoms with van der Waals surface area (Å²) in [5, 5.41) is 0. The van der Waals surface area contributed by atoms with Crippen LogP contribution >= 0.6 is 11.6 Å². The van der Waals surface area contributed by atoms with E-state index in [2.05, 4.69) is 16.5 Å². The second-order valence-corrected chi connectivity index (χ2v) is 6.33. The number of benzene rings is 1. The van der Waals surface area contributed by atoms with Crippen molar-refractivity contribution in [3.8, 4) is 0 Å². The van der Waals surface area contributed by atoms with Crippen LogP contribution < -0.4 is 0 Å². The fourth-order valence-electron chi connectivity index (χ4n) is 2.96. The molecule has 1 aliphatic rings. The minimum absolute atomic E-state index is 0.186. The predicted octanol–water partition coefficient (Wildman–Crippen LogP) is 4.63. The Kier molecular flexibility index (Phi) is 3.72. The highest BCUT2D eigenvalue weighted by molar-refractivity contribution is 6.17. The Morgan fingerprint density at radius 1 is 1.45 bits per heavy atom. The molecule has 0 aliphatic heterocycles. The van der Waals surface area contributed by atoms with E-state index in [1.807, 2.05) is 6.07 Å². The van der Waals surface area contributed by atoms with Crippen LogP contribution in [0.3, 0.4) is 0 Å². The number of hydrogen-bond acceptors (Lipinski definition) is 1. The maximum atomic E-state index is 13.7. The van der Waals surface area contributed by atoms with Gasteiger partial charge in [0.05, 0.1) is 11.0 Å². The molecule has 20 heavy (non-hydrogen) atoms. The van der Waals surface area contributed by atoms with E-state index in [0.717, 1.165) is 29.2 Å². The molecule has 0 spiro atoms. The largest absolute Gasteiger partial charge is 0.325 e. The third-order valence-corrected chi connectivity index (χ3v) is 4.36. The van der Waals surface area contributed by atoms with Gasteiger partial charge in [-0.3, -0.25) is 0 Å². The molecule has 2 nitrogen and oxygen atoms in total. The molecule has 0 saturated heterocycles. The van der Waals surface area contributed by atoms with Gasteiger partial charge >= 0.3 is 0 Å². The number of nitrogens with zero attached hydrogens (tertiary/aromatic N) is 2. The SMILES string of the molecule is Cc1cc2c(cc1F)nc(CCCl)n2C(C)CC1CC1. The standard InChI is InChI=1S/C16H20ClFN2/c1-10-7-15-14(9-13(10)18)19-16(5-6-17)20(15)11(2)8-12-3-4-12/h7,9,11-12H,3-6,8H2,1-2H3. The van der Waals surface area contributed by atoms with Gasteiger partial charge in [-0.2, -0.15) is 0 Å². The fraction of sp³-hybridized carbons (Fsp3) is 0.562. The first-order chi connectivity index (χ1) is 9.60. The molecule has 1 aromatic heterocycles. The number of halogens is 2. The van der Waals surface area contributed by atoms with E-state index in [1.165, 1.54) is 19.3 Å². The quantitative estimate of drug-likeness (QED) is 0.735. The van der Waals surface area contributed by atoms with E-state index in [4.69, 9.17) is 11.6 Å². The smallest absolute Gasteiger partial charge is 0.128 e. The van der Waals surface area contributed by atoms with Crippen molar-refractivity contribution < 1.29 is 4.39 Å². The van der Waals surface area contributed by atoms with Crippen LogP contribution in [-0.2, 0) is 6.42 Å². The Morgan fingerprint density at radius 3 is 2.85 bits per heavy atom. The normalized spacial score (nSPS) is 16.8. The third kappa shape index (κ3) is 2.56. The Bertz CT molecular complexity index is 631. The molecule has 2 aromatic rings. The molecular formula is C16H20ClFN2. The van der Waals surface area contributed by atoms with Gasteiger partial charge < -0.3 is 4.57 Å². The highest BCUT2D eigenvalue weighted by atomic mass is 35.5. The van der Waals surface area contributed by atoms with E-state index in [-0.39, 0.29) is 5.82 Å². The van der Waals surface area contributed by atoms with E-state index < -0.39 is 0 Å². The highest BCUT2D eigenvalue weighted by Gasteiger charge is 2.26. The zero-order valence-electron chi connectivity index (χ0n) is 12.0. The van der Waals surface area contributed by atoms with Crippen molar-refractivity contribution in [1.82, 2.24) is 9.55 Å². The minimum atomic E-state index is -0.186. The maximum absolute atomic E-state index is 13.7. The summed E-state index contributed by atoms with van der Waals surface area (Å²) >= 11 is 5.89. The monoisotopic (exact) mass is 294 g/mol. The average molecular weight is 295 g/mol. The van der Waals surface area contributed by atoms with Gasteiger partial charge in [-0.25, -0.2) is 9.37 Å². The summed E-state index contributed by atoms with van der Waals surface area (Å²) in [6.07, 6.45) is 4.59. The number of aromatic nitrogens is 2. The lowest BCUT2D eigenvalue weighted by Crippen LogP contribution is -2.11. The Labute approximate surface area is 123 Å². The van der Waals surface area contributed by atoms with Gasteiger partial charge in [0.2, 0.25) is 0 Å². The topological polar surface area (TPSA) is 17.8 Å². The first-order valence-corrected chi connectivity index (χ1v) is 7.86. The van der Waals surface area contributed by atoms with Crippen LogP contribution in [0.15, 0.2) is 12.1 Å². The second-order valence-electron chi connectivity index (χ2n) is 5.96. The molecule has 1 atom stereocenters. The van der Waals surface area contributed by atoms with Crippen molar-refractivity contribution in [3.05, 3.63) is 29.3 Å². The number of fused-ring (bicyclic) bond motifs is 1. The van der Waals surface area contributed by atoms with Gasteiger partial charge in [0, 0.05) is 24.4 Å². The minimum Gasteiger partial charge on any atom is -0.325 e. The van der Waals surface area contributed by atoms with Crippen molar-refractivity contribution in [3.63, 3.8) is 0 Å². The molecular weight excluding hydrogens is 275 g/mol. The van der Waals surface area contributed by atoms with Gasteiger partial charge in [-0.1, -0.05) is 12.8 Å². The molecule has 1 aromatic carbocycles. The Morgan fingerprint density at radius 2 is 2.20 bits per heavy atom. The molecule has 0 N–H and O–H groups in total. The summed E-state index contributed by atoms with van der Waals surface area (Å²) in [7, 11) is 0. The van der Waals surface area contributed by atoms with E-state index in [9.17, 15) is 4.39 Å². The molecule has 1 fully saturated rings. The van der Waals surface area contributed by atoms with Gasteiger partial charge in [0.15, 0.2) is 0 Å². The van der Waals surface area contributed by atoms with Crippen LogP contribution in [0, 0.1) is 18.7 Å². The fourth-order valence-corrected chi connectivity index (χ4v) is 3.13. The van der Waals surface area contributed by atoms with Crippen LogP contribution in [0.1, 0.15) is 43.6 Å². The van der Waals surface area contributed by atoms with Crippen LogP contribution in [0.4, 0.5) is 4.39 Å². The zero-order valence-corrected chi connectivity index (χ0v) is 12.8. The molecule has 0 amide bonds. The Balaban J connectivity index is 2.08. The van der Waals surface area contributed by atoms with Crippen LogP contribution in [0.5, 0.6) is 0 Å². The molecule has 4 heteroatoms. The molecule has 3 rings (SSSR count). The van der Waals surface area contributed by atoms with E-state index >= 15 is 0 Å². The second kappa shape index (κ2) is 5.36. The number of imidazole rings is 1. The van der Waals surface area contributed by atoms with Crippen molar-refractivity contribution in [2.75, 3.05) is 5.88 Å². The average Bonchev–Trinajstić information content (AvgIpc) is 3.13. The van der Waals surface area contributed by atoms with E-state index in [1.54, 1.807) is 13.0 Å². The first kappa shape index (κ1) is 13.9. The first-order valence-electron chi connectivity index (χ1n) is 7.33. The molecule has 1 heterocycles. The van der Waals surface area contributed by atoms with Gasteiger partial charge in [0.1, 0.15) is 11.6 Å². The number of alkyl halides is 1. The molecule has 0 bridgehead atoms. The van der Waals surface area contributed by atoms with Crippen LogP contribution in [-0.4, -0.2) is 15.4 Å². The van der Waals surface area contributed by atoms with Gasteiger partial charge in [0.25, 0.3) is 0 Å². The van der Waals surface area contributed by atoms with Crippen molar-refractivity contribution in [2.45, 2.75) is 45.6 Å². The van der Waals surface area contributed by atoms with Crippen molar-refractivity contribution in [1.29, 1.82) is 0 Å². The lowest BCUT2D eigenvalue weighted by atomic mass is 10.1. The number of aryl methyl sites for hydroxylation is 2. The highest BCUT2D eigenvalue weighted by Crippen LogP contribution is 2.38. The van der Waals surface area contributed by atoms with Crippen LogP contribution in [0.25, 0.3) is 11.0 Å². The van der Waals surface area contributed by atoms with Crippen molar-refractivity contribution >= 4 is 22.6 Å². The summed E-state index contributed by atoms with van der Waals surface area (Å²) in [6, 6.07) is 3.86. The summed E-state index contributed by atoms with van der Waals surface area (Å²) in [5.74, 6) is 2.19. The molecule has 1 unspecified atom stereocenters. The Hall–Kier alpha value is -1.09. The number of hydrogen-bond donors (Lipinski definition) is 0. The summed E-state index contributed by atoms with van der Waals surface area (Å²) in [4.78, 5) is 4.59. The van der Waals surface area contributed by atoms with Gasteiger partial charge in [-0.05, 0) is 37.8 Å². The van der Waals surface area contributed by atoms with Crippen LogP contribution in [0.2, 0.25) is 0 Å².